The molecule has 2 aromatic rings. The summed E-state index contributed by atoms with van der Waals surface area (Å²) in [6, 6.07) is 11.8. The van der Waals surface area contributed by atoms with Crippen LogP contribution in [0.2, 0.25) is 0 Å². The molecule has 1 amide bonds. The van der Waals surface area contributed by atoms with Gasteiger partial charge in [0.1, 0.15) is 18.2 Å². The summed E-state index contributed by atoms with van der Waals surface area (Å²) >= 11 is 0. The Morgan fingerprint density at radius 3 is 2.64 bits per heavy atom. The normalized spacial score (nSPS) is 15.1. The topological polar surface area (TPSA) is 67.3 Å². The van der Waals surface area contributed by atoms with E-state index in [1.165, 1.54) is 19.3 Å². The standard InChI is InChI=1S/C22H30N4O2/c1-3-19(18-10-6-4-7-11-18)22(27)23-12-15-28-21-16-20(24-17(2)25-21)26-13-8-5-9-14-26/h4,6-7,10-11,16,19H,3,5,8-9,12-15H2,1-2H3,(H,23,27). The Hall–Kier alpha value is -2.63. The van der Waals surface area contributed by atoms with Gasteiger partial charge in [-0.2, -0.15) is 4.98 Å². The molecule has 0 radical (unpaired) electrons. The molecule has 6 nitrogen and oxygen atoms in total. The second-order valence-corrected chi connectivity index (χ2v) is 7.17. The van der Waals surface area contributed by atoms with Gasteiger partial charge in [0.2, 0.25) is 11.8 Å². The van der Waals surface area contributed by atoms with E-state index in [4.69, 9.17) is 4.74 Å². The lowest BCUT2D eigenvalue weighted by Crippen LogP contribution is -2.32. The Morgan fingerprint density at radius 2 is 1.93 bits per heavy atom. The van der Waals surface area contributed by atoms with E-state index < -0.39 is 0 Å². The van der Waals surface area contributed by atoms with Crippen LogP contribution in [0.3, 0.4) is 0 Å². The van der Waals surface area contributed by atoms with Crippen molar-refractivity contribution in [2.75, 3.05) is 31.1 Å². The number of nitrogens with zero attached hydrogens (tertiary/aromatic N) is 3. The largest absolute Gasteiger partial charge is 0.476 e. The van der Waals surface area contributed by atoms with Crippen LogP contribution in [0, 0.1) is 6.92 Å². The SMILES string of the molecule is CCC(C(=O)NCCOc1cc(N2CCCCC2)nc(C)n1)c1ccccc1. The average Bonchev–Trinajstić information content (AvgIpc) is 2.73. The Bertz CT molecular complexity index is 760. The molecule has 1 fully saturated rings. The number of nitrogens with one attached hydrogen (secondary N) is 1. The second-order valence-electron chi connectivity index (χ2n) is 7.17. The van der Waals surface area contributed by atoms with E-state index in [0.717, 1.165) is 30.9 Å². The number of aromatic nitrogens is 2. The molecule has 2 heterocycles. The third-order valence-corrected chi connectivity index (χ3v) is 5.06. The molecule has 1 aliphatic rings. The van der Waals surface area contributed by atoms with Crippen molar-refractivity contribution in [3.05, 3.63) is 47.8 Å². The number of benzene rings is 1. The lowest BCUT2D eigenvalue weighted by atomic mass is 9.96. The van der Waals surface area contributed by atoms with Gasteiger partial charge < -0.3 is 15.0 Å². The van der Waals surface area contributed by atoms with Crippen molar-refractivity contribution in [3.63, 3.8) is 0 Å². The molecule has 1 atom stereocenters. The molecule has 0 aliphatic carbocycles. The number of amides is 1. The molecule has 0 spiro atoms. The lowest BCUT2D eigenvalue weighted by molar-refractivity contribution is -0.122. The highest BCUT2D eigenvalue weighted by Crippen LogP contribution is 2.21. The van der Waals surface area contributed by atoms with Gasteiger partial charge >= 0.3 is 0 Å². The van der Waals surface area contributed by atoms with E-state index >= 15 is 0 Å². The Labute approximate surface area is 167 Å². The lowest BCUT2D eigenvalue weighted by Gasteiger charge is -2.28. The van der Waals surface area contributed by atoms with E-state index in [9.17, 15) is 4.79 Å². The molecule has 150 valence electrons. The van der Waals surface area contributed by atoms with Crippen molar-refractivity contribution in [3.8, 4) is 5.88 Å². The molecule has 1 aliphatic heterocycles. The average molecular weight is 383 g/mol. The van der Waals surface area contributed by atoms with Crippen LogP contribution in [0.5, 0.6) is 5.88 Å². The summed E-state index contributed by atoms with van der Waals surface area (Å²) in [7, 11) is 0. The molecular formula is C22H30N4O2. The first-order valence-corrected chi connectivity index (χ1v) is 10.2. The zero-order valence-electron chi connectivity index (χ0n) is 16.9. The van der Waals surface area contributed by atoms with E-state index in [1.807, 2.05) is 50.2 Å². The number of piperidine rings is 1. The van der Waals surface area contributed by atoms with Crippen molar-refractivity contribution in [1.29, 1.82) is 0 Å². The quantitative estimate of drug-likeness (QED) is 0.708. The van der Waals surface area contributed by atoms with Crippen LogP contribution in [-0.4, -0.2) is 42.1 Å². The maximum Gasteiger partial charge on any atom is 0.227 e. The molecule has 3 rings (SSSR count). The van der Waals surface area contributed by atoms with Crippen molar-refractivity contribution < 1.29 is 9.53 Å². The van der Waals surface area contributed by atoms with E-state index in [-0.39, 0.29) is 11.8 Å². The minimum Gasteiger partial charge on any atom is -0.476 e. The summed E-state index contributed by atoms with van der Waals surface area (Å²) < 4.78 is 5.80. The predicted molar refractivity (Wildman–Crippen MR) is 111 cm³/mol. The summed E-state index contributed by atoms with van der Waals surface area (Å²) in [6.45, 7) is 6.80. The molecule has 1 unspecified atom stereocenters. The molecular weight excluding hydrogens is 352 g/mol. The van der Waals surface area contributed by atoms with Gasteiger partial charge in [-0.05, 0) is 38.2 Å². The summed E-state index contributed by atoms with van der Waals surface area (Å²) in [5.74, 6) is 2.11. The number of aryl methyl sites for hydroxylation is 1. The maximum atomic E-state index is 12.5. The van der Waals surface area contributed by atoms with Gasteiger partial charge in [-0.15, -0.1) is 0 Å². The molecule has 0 saturated carbocycles. The fourth-order valence-corrected chi connectivity index (χ4v) is 3.60. The van der Waals surface area contributed by atoms with Gasteiger partial charge in [0.15, 0.2) is 0 Å². The van der Waals surface area contributed by atoms with Gasteiger partial charge in [-0.25, -0.2) is 4.98 Å². The highest BCUT2D eigenvalue weighted by Gasteiger charge is 2.18. The predicted octanol–water partition coefficient (Wildman–Crippen LogP) is 3.46. The highest BCUT2D eigenvalue weighted by atomic mass is 16.5. The first-order valence-electron chi connectivity index (χ1n) is 10.2. The van der Waals surface area contributed by atoms with Crippen LogP contribution in [0.15, 0.2) is 36.4 Å². The third kappa shape index (κ3) is 5.44. The van der Waals surface area contributed by atoms with Crippen LogP contribution < -0.4 is 15.0 Å². The number of hydrogen-bond acceptors (Lipinski definition) is 5. The summed E-state index contributed by atoms with van der Waals surface area (Å²) in [6.07, 6.45) is 4.45. The van der Waals surface area contributed by atoms with Gasteiger partial charge in [0.25, 0.3) is 0 Å². The van der Waals surface area contributed by atoms with Crippen LogP contribution >= 0.6 is 0 Å². The van der Waals surface area contributed by atoms with E-state index in [1.54, 1.807) is 0 Å². The van der Waals surface area contributed by atoms with Crippen LogP contribution in [0.4, 0.5) is 5.82 Å². The number of ether oxygens (including phenoxy) is 1. The van der Waals surface area contributed by atoms with Crippen LogP contribution in [-0.2, 0) is 4.79 Å². The fraction of sp³-hybridized carbons (Fsp3) is 0.500. The smallest absolute Gasteiger partial charge is 0.227 e. The van der Waals surface area contributed by atoms with Crippen LogP contribution in [0.25, 0.3) is 0 Å². The highest BCUT2D eigenvalue weighted by molar-refractivity contribution is 5.83. The van der Waals surface area contributed by atoms with Crippen molar-refractivity contribution >= 4 is 11.7 Å². The van der Waals surface area contributed by atoms with E-state index in [2.05, 4.69) is 20.2 Å². The fourth-order valence-electron chi connectivity index (χ4n) is 3.60. The molecule has 1 saturated heterocycles. The number of carbonyl (C=O) groups is 1. The zero-order valence-corrected chi connectivity index (χ0v) is 16.9. The van der Waals surface area contributed by atoms with E-state index in [0.29, 0.717) is 24.9 Å². The van der Waals surface area contributed by atoms with Crippen molar-refractivity contribution in [2.24, 2.45) is 0 Å². The third-order valence-electron chi connectivity index (χ3n) is 5.06. The molecule has 6 heteroatoms. The molecule has 28 heavy (non-hydrogen) atoms. The Morgan fingerprint density at radius 1 is 1.18 bits per heavy atom. The van der Waals surface area contributed by atoms with Crippen LogP contribution in [0.1, 0.15) is 49.9 Å². The molecule has 0 bridgehead atoms. The number of carbonyl (C=O) groups excluding carboxylic acids is 1. The van der Waals surface area contributed by atoms with Gasteiger partial charge in [-0.1, -0.05) is 37.3 Å². The minimum atomic E-state index is -0.131. The molecule has 1 N–H and O–H groups in total. The monoisotopic (exact) mass is 382 g/mol. The number of hydrogen-bond donors (Lipinski definition) is 1. The van der Waals surface area contributed by atoms with Gasteiger partial charge in [0, 0.05) is 19.2 Å². The number of anilines is 1. The minimum absolute atomic E-state index is 0.0326. The first kappa shape index (κ1) is 20.1. The summed E-state index contributed by atoms with van der Waals surface area (Å²) in [4.78, 5) is 23.7. The number of rotatable bonds is 8. The Balaban J connectivity index is 1.50. The second kappa shape index (κ2) is 10.1. The first-order chi connectivity index (χ1) is 13.7. The van der Waals surface area contributed by atoms with Crippen molar-refractivity contribution in [2.45, 2.75) is 45.4 Å². The summed E-state index contributed by atoms with van der Waals surface area (Å²) in [5.41, 5.74) is 1.04. The maximum absolute atomic E-state index is 12.5. The summed E-state index contributed by atoms with van der Waals surface area (Å²) in [5, 5.41) is 2.98. The van der Waals surface area contributed by atoms with Gasteiger partial charge in [0.05, 0.1) is 12.5 Å². The molecule has 1 aromatic heterocycles. The molecule has 1 aromatic carbocycles. The Kier molecular flexibility index (Phi) is 7.23. The van der Waals surface area contributed by atoms with Crippen molar-refractivity contribution in [1.82, 2.24) is 15.3 Å². The van der Waals surface area contributed by atoms with Gasteiger partial charge in [-0.3, -0.25) is 4.79 Å². The zero-order chi connectivity index (χ0) is 19.8.